The van der Waals surface area contributed by atoms with Gasteiger partial charge in [0.1, 0.15) is 11.5 Å². The lowest BCUT2D eigenvalue weighted by Crippen LogP contribution is -1.96. The van der Waals surface area contributed by atoms with Crippen molar-refractivity contribution < 1.29 is 0 Å². The van der Waals surface area contributed by atoms with Gasteiger partial charge in [-0.25, -0.2) is 4.98 Å². The number of halogens is 1. The monoisotopic (exact) mass is 247 g/mol. The fraction of sp³-hybridized carbons (Fsp3) is 0.308. The van der Waals surface area contributed by atoms with E-state index in [4.69, 9.17) is 11.6 Å². The van der Waals surface area contributed by atoms with Crippen LogP contribution in [0.15, 0.2) is 24.3 Å². The van der Waals surface area contributed by atoms with Crippen LogP contribution in [-0.4, -0.2) is 15.2 Å². The van der Waals surface area contributed by atoms with Crippen molar-refractivity contribution in [1.82, 2.24) is 15.2 Å². The topological polar surface area (TPSA) is 38.7 Å². The second kappa shape index (κ2) is 5.23. The van der Waals surface area contributed by atoms with Crippen LogP contribution in [0.2, 0.25) is 5.15 Å². The summed E-state index contributed by atoms with van der Waals surface area (Å²) in [4.78, 5) is 4.10. The van der Waals surface area contributed by atoms with Crippen LogP contribution in [0.25, 0.3) is 11.3 Å². The third-order valence-corrected chi connectivity index (χ3v) is 2.78. The third kappa shape index (κ3) is 2.80. The molecule has 0 unspecified atom stereocenters. The van der Waals surface area contributed by atoms with Crippen molar-refractivity contribution in [2.24, 2.45) is 0 Å². The Hall–Kier alpha value is -1.48. The van der Waals surface area contributed by atoms with Gasteiger partial charge in [0.05, 0.1) is 0 Å². The third-order valence-electron chi connectivity index (χ3n) is 2.52. The Morgan fingerprint density at radius 2 is 1.82 bits per heavy atom. The minimum absolute atomic E-state index is 0.403. The molecule has 0 spiro atoms. The van der Waals surface area contributed by atoms with Crippen LogP contribution in [-0.2, 0) is 6.42 Å². The molecule has 0 amide bonds. The minimum atomic E-state index is 0.403. The van der Waals surface area contributed by atoms with Crippen molar-refractivity contribution in [2.75, 3.05) is 0 Å². The first-order valence-electron chi connectivity index (χ1n) is 5.67. The van der Waals surface area contributed by atoms with Gasteiger partial charge in [0.25, 0.3) is 0 Å². The molecule has 3 nitrogen and oxygen atoms in total. The summed E-state index contributed by atoms with van der Waals surface area (Å²) in [5, 5.41) is 8.41. The van der Waals surface area contributed by atoms with E-state index < -0.39 is 0 Å². The maximum Gasteiger partial charge on any atom is 0.159 e. The van der Waals surface area contributed by atoms with Gasteiger partial charge in [-0.15, -0.1) is 10.2 Å². The molecule has 1 aromatic heterocycles. The summed E-state index contributed by atoms with van der Waals surface area (Å²) in [5.74, 6) is 0.585. The molecule has 1 aromatic carbocycles. The van der Waals surface area contributed by atoms with Crippen LogP contribution in [0.5, 0.6) is 0 Å². The van der Waals surface area contributed by atoms with E-state index in [1.54, 1.807) is 6.92 Å². The van der Waals surface area contributed by atoms with Crippen LogP contribution < -0.4 is 0 Å². The van der Waals surface area contributed by atoms with Crippen LogP contribution in [0, 0.1) is 6.92 Å². The van der Waals surface area contributed by atoms with Gasteiger partial charge in [0, 0.05) is 5.56 Å². The van der Waals surface area contributed by atoms with Crippen molar-refractivity contribution in [3.05, 3.63) is 40.8 Å². The Labute approximate surface area is 106 Å². The fourth-order valence-electron chi connectivity index (χ4n) is 1.68. The summed E-state index contributed by atoms with van der Waals surface area (Å²) in [6.07, 6.45) is 2.23. The van der Waals surface area contributed by atoms with E-state index in [0.717, 1.165) is 18.4 Å². The molecular weight excluding hydrogens is 234 g/mol. The van der Waals surface area contributed by atoms with Crippen molar-refractivity contribution in [3.63, 3.8) is 0 Å². The van der Waals surface area contributed by atoms with Crippen molar-refractivity contribution in [2.45, 2.75) is 26.7 Å². The summed E-state index contributed by atoms with van der Waals surface area (Å²) < 4.78 is 0. The number of benzene rings is 1. The molecule has 0 atom stereocenters. The maximum absolute atomic E-state index is 6.05. The quantitative estimate of drug-likeness (QED) is 0.834. The first-order valence-corrected chi connectivity index (χ1v) is 6.04. The van der Waals surface area contributed by atoms with Crippen LogP contribution in [0.4, 0.5) is 0 Å². The number of hydrogen-bond acceptors (Lipinski definition) is 3. The molecule has 0 fully saturated rings. The number of rotatable bonds is 3. The molecule has 2 rings (SSSR count). The Morgan fingerprint density at radius 3 is 2.41 bits per heavy atom. The minimum Gasteiger partial charge on any atom is -0.217 e. The molecule has 1 heterocycles. The predicted molar refractivity (Wildman–Crippen MR) is 69.0 cm³/mol. The van der Waals surface area contributed by atoms with Crippen molar-refractivity contribution >= 4 is 11.6 Å². The zero-order valence-corrected chi connectivity index (χ0v) is 10.7. The maximum atomic E-state index is 6.05. The zero-order valence-electron chi connectivity index (χ0n) is 9.94. The van der Waals surface area contributed by atoms with Gasteiger partial charge in [0.15, 0.2) is 5.15 Å². The highest BCUT2D eigenvalue weighted by Crippen LogP contribution is 2.23. The largest absolute Gasteiger partial charge is 0.217 e. The van der Waals surface area contributed by atoms with E-state index >= 15 is 0 Å². The molecule has 88 valence electrons. The van der Waals surface area contributed by atoms with Gasteiger partial charge in [-0.3, -0.25) is 0 Å². The number of nitrogens with zero attached hydrogens (tertiary/aromatic N) is 3. The summed E-state index contributed by atoms with van der Waals surface area (Å²) in [6, 6.07) is 8.21. The highest BCUT2D eigenvalue weighted by molar-refractivity contribution is 6.31. The van der Waals surface area contributed by atoms with E-state index in [1.165, 1.54) is 5.56 Å². The SMILES string of the molecule is CCCc1ccc(-c2nnc(C)nc2Cl)cc1. The summed E-state index contributed by atoms with van der Waals surface area (Å²) >= 11 is 6.05. The van der Waals surface area contributed by atoms with Crippen LogP contribution >= 0.6 is 11.6 Å². The predicted octanol–water partition coefficient (Wildman–Crippen LogP) is 3.45. The normalized spacial score (nSPS) is 10.5. The second-order valence-corrected chi connectivity index (χ2v) is 4.30. The molecule has 0 aliphatic carbocycles. The van der Waals surface area contributed by atoms with Crippen molar-refractivity contribution in [3.8, 4) is 11.3 Å². The Bertz CT molecular complexity index is 509. The van der Waals surface area contributed by atoms with E-state index in [1.807, 2.05) is 12.1 Å². The van der Waals surface area contributed by atoms with Crippen LogP contribution in [0.1, 0.15) is 24.7 Å². The molecule has 2 aromatic rings. The molecule has 0 aliphatic heterocycles. The van der Waals surface area contributed by atoms with E-state index in [2.05, 4.69) is 34.2 Å². The van der Waals surface area contributed by atoms with E-state index in [0.29, 0.717) is 16.7 Å². The standard InChI is InChI=1S/C13H14ClN3/c1-3-4-10-5-7-11(8-6-10)12-13(14)15-9(2)16-17-12/h5-8H,3-4H2,1-2H3. The first kappa shape index (κ1) is 12.0. The first-order chi connectivity index (χ1) is 8.20. The number of hydrogen-bond donors (Lipinski definition) is 0. The molecule has 0 saturated carbocycles. The van der Waals surface area contributed by atoms with Crippen LogP contribution in [0.3, 0.4) is 0 Å². The molecule has 0 aliphatic rings. The summed E-state index contributed by atoms with van der Waals surface area (Å²) in [7, 11) is 0. The van der Waals surface area contributed by atoms with Gasteiger partial charge in [-0.1, -0.05) is 49.2 Å². The van der Waals surface area contributed by atoms with Gasteiger partial charge in [-0.2, -0.15) is 0 Å². The zero-order chi connectivity index (χ0) is 12.3. The van der Waals surface area contributed by atoms with Gasteiger partial charge < -0.3 is 0 Å². The molecule has 4 heteroatoms. The van der Waals surface area contributed by atoms with Crippen molar-refractivity contribution in [1.29, 1.82) is 0 Å². The lowest BCUT2D eigenvalue weighted by atomic mass is 10.1. The smallest absolute Gasteiger partial charge is 0.159 e. The number of aromatic nitrogens is 3. The second-order valence-electron chi connectivity index (χ2n) is 3.95. The van der Waals surface area contributed by atoms with E-state index in [9.17, 15) is 0 Å². The van der Waals surface area contributed by atoms with Gasteiger partial charge >= 0.3 is 0 Å². The average molecular weight is 248 g/mol. The van der Waals surface area contributed by atoms with Gasteiger partial charge in [0.2, 0.25) is 0 Å². The highest BCUT2D eigenvalue weighted by Gasteiger charge is 2.07. The average Bonchev–Trinajstić information content (AvgIpc) is 2.31. The highest BCUT2D eigenvalue weighted by atomic mass is 35.5. The molecule has 0 bridgehead atoms. The van der Waals surface area contributed by atoms with Gasteiger partial charge in [-0.05, 0) is 18.9 Å². The summed E-state index contributed by atoms with van der Waals surface area (Å²) in [5.41, 5.74) is 2.91. The Balaban J connectivity index is 2.33. The lowest BCUT2D eigenvalue weighted by Gasteiger charge is -2.04. The lowest BCUT2D eigenvalue weighted by molar-refractivity contribution is 0.911. The molecule has 0 radical (unpaired) electrons. The number of aryl methyl sites for hydroxylation is 2. The fourth-order valence-corrected chi connectivity index (χ4v) is 1.95. The van der Waals surface area contributed by atoms with E-state index in [-0.39, 0.29) is 0 Å². The molecule has 17 heavy (non-hydrogen) atoms. The summed E-state index contributed by atoms with van der Waals surface area (Å²) in [6.45, 7) is 3.94. The molecule has 0 N–H and O–H groups in total. The Morgan fingerprint density at radius 1 is 1.12 bits per heavy atom. The molecular formula is C13H14ClN3. The Kier molecular flexibility index (Phi) is 3.69. The molecule has 0 saturated heterocycles.